The van der Waals surface area contributed by atoms with E-state index in [1.54, 1.807) is 21.1 Å². The third-order valence-corrected chi connectivity index (χ3v) is 2.91. The Kier molecular flexibility index (Phi) is 5.01. The van der Waals surface area contributed by atoms with Gasteiger partial charge in [0, 0.05) is 6.42 Å². The van der Waals surface area contributed by atoms with Crippen LogP contribution in [0.15, 0.2) is 18.2 Å². The van der Waals surface area contributed by atoms with Crippen molar-refractivity contribution in [2.24, 2.45) is 0 Å². The summed E-state index contributed by atoms with van der Waals surface area (Å²) in [6.45, 7) is 3.74. The van der Waals surface area contributed by atoms with Gasteiger partial charge in [-0.1, -0.05) is 13.0 Å². The van der Waals surface area contributed by atoms with Crippen LogP contribution < -0.4 is 9.47 Å². The molecule has 0 N–H and O–H groups in total. The van der Waals surface area contributed by atoms with Gasteiger partial charge in [-0.25, -0.2) is 0 Å². The summed E-state index contributed by atoms with van der Waals surface area (Å²) in [5.74, 6) is 2.05. The van der Waals surface area contributed by atoms with Gasteiger partial charge in [0.05, 0.1) is 14.2 Å². The number of carbonyl (C=O) groups is 1. The monoisotopic (exact) mass is 236 g/mol. The number of rotatable bonds is 6. The molecule has 0 aliphatic heterocycles. The summed E-state index contributed by atoms with van der Waals surface area (Å²) in [6.07, 6.45) is 1.49. The Bertz CT molecular complexity index is 385. The molecule has 1 rings (SSSR count). The highest BCUT2D eigenvalue weighted by Crippen LogP contribution is 2.31. The van der Waals surface area contributed by atoms with E-state index < -0.39 is 0 Å². The van der Waals surface area contributed by atoms with E-state index >= 15 is 0 Å². The first kappa shape index (κ1) is 13.6. The van der Waals surface area contributed by atoms with Crippen LogP contribution in [0.4, 0.5) is 0 Å². The van der Waals surface area contributed by atoms with Crippen molar-refractivity contribution in [1.29, 1.82) is 0 Å². The van der Waals surface area contributed by atoms with Crippen LogP contribution in [0, 0.1) is 0 Å². The third kappa shape index (κ3) is 3.77. The first-order valence-electron chi connectivity index (χ1n) is 5.79. The Morgan fingerprint density at radius 3 is 2.41 bits per heavy atom. The molecule has 3 heteroatoms. The molecule has 1 atom stereocenters. The molecular weight excluding hydrogens is 216 g/mol. The number of hydrogen-bond acceptors (Lipinski definition) is 3. The molecular formula is C14H20O3. The lowest BCUT2D eigenvalue weighted by Gasteiger charge is -2.14. The first-order valence-corrected chi connectivity index (χ1v) is 5.79. The minimum absolute atomic E-state index is 0.234. The summed E-state index contributed by atoms with van der Waals surface area (Å²) in [5, 5.41) is 0. The average molecular weight is 236 g/mol. The molecule has 94 valence electrons. The van der Waals surface area contributed by atoms with E-state index in [1.165, 1.54) is 5.56 Å². The van der Waals surface area contributed by atoms with Crippen molar-refractivity contribution in [3.8, 4) is 11.5 Å². The van der Waals surface area contributed by atoms with Crippen LogP contribution in [0.2, 0.25) is 0 Å². The first-order chi connectivity index (χ1) is 8.08. The summed E-state index contributed by atoms with van der Waals surface area (Å²) in [6, 6.07) is 5.90. The van der Waals surface area contributed by atoms with Gasteiger partial charge in [-0.2, -0.15) is 0 Å². The van der Waals surface area contributed by atoms with Crippen molar-refractivity contribution in [2.45, 2.75) is 32.6 Å². The topological polar surface area (TPSA) is 35.5 Å². The highest BCUT2D eigenvalue weighted by atomic mass is 16.5. The van der Waals surface area contributed by atoms with Crippen molar-refractivity contribution in [2.75, 3.05) is 14.2 Å². The maximum Gasteiger partial charge on any atom is 0.160 e. The van der Waals surface area contributed by atoms with Crippen molar-refractivity contribution in [3.63, 3.8) is 0 Å². The highest BCUT2D eigenvalue weighted by molar-refractivity contribution is 5.75. The summed E-state index contributed by atoms with van der Waals surface area (Å²) >= 11 is 0. The van der Waals surface area contributed by atoms with Crippen LogP contribution in [0.1, 0.15) is 38.2 Å². The van der Waals surface area contributed by atoms with Gasteiger partial charge in [0.25, 0.3) is 0 Å². The van der Waals surface area contributed by atoms with Crippen LogP contribution >= 0.6 is 0 Å². The lowest BCUT2D eigenvalue weighted by molar-refractivity contribution is -0.117. The van der Waals surface area contributed by atoms with Gasteiger partial charge in [-0.3, -0.25) is 0 Å². The SMILES string of the molecule is COc1ccc(C(C)CCC(C)=O)cc1OC. The molecule has 0 spiro atoms. The van der Waals surface area contributed by atoms with E-state index in [9.17, 15) is 4.79 Å². The Hall–Kier alpha value is -1.51. The van der Waals surface area contributed by atoms with E-state index in [4.69, 9.17) is 9.47 Å². The number of hydrogen-bond donors (Lipinski definition) is 0. The molecule has 0 bridgehead atoms. The highest BCUT2D eigenvalue weighted by Gasteiger charge is 2.10. The Balaban J connectivity index is 2.80. The number of benzene rings is 1. The van der Waals surface area contributed by atoms with Gasteiger partial charge >= 0.3 is 0 Å². The fourth-order valence-electron chi connectivity index (χ4n) is 1.75. The molecule has 1 unspecified atom stereocenters. The lowest BCUT2D eigenvalue weighted by atomic mass is 9.95. The number of carbonyl (C=O) groups excluding carboxylic acids is 1. The Morgan fingerprint density at radius 2 is 1.88 bits per heavy atom. The second-order valence-corrected chi connectivity index (χ2v) is 4.26. The molecule has 1 aromatic carbocycles. The van der Waals surface area contributed by atoms with Crippen molar-refractivity contribution < 1.29 is 14.3 Å². The van der Waals surface area contributed by atoms with E-state index in [-0.39, 0.29) is 5.78 Å². The molecule has 0 aliphatic rings. The zero-order valence-corrected chi connectivity index (χ0v) is 10.9. The predicted octanol–water partition coefficient (Wildman–Crippen LogP) is 3.18. The summed E-state index contributed by atoms with van der Waals surface area (Å²) in [4.78, 5) is 11.0. The quantitative estimate of drug-likeness (QED) is 0.761. The van der Waals surface area contributed by atoms with E-state index in [2.05, 4.69) is 6.92 Å². The van der Waals surface area contributed by atoms with E-state index in [0.717, 1.165) is 17.9 Å². The van der Waals surface area contributed by atoms with Gasteiger partial charge in [-0.15, -0.1) is 0 Å². The maximum absolute atomic E-state index is 11.0. The number of Topliss-reactive ketones (excluding diaryl/α,β-unsaturated/α-hetero) is 1. The average Bonchev–Trinajstić information content (AvgIpc) is 2.34. The van der Waals surface area contributed by atoms with Gasteiger partial charge in [-0.05, 0) is 37.0 Å². The standard InChI is InChI=1S/C14H20O3/c1-10(5-6-11(2)15)12-7-8-13(16-3)14(9-12)17-4/h7-10H,5-6H2,1-4H3. The molecule has 0 radical (unpaired) electrons. The maximum atomic E-state index is 11.0. The number of ether oxygens (including phenoxy) is 2. The molecule has 0 heterocycles. The lowest BCUT2D eigenvalue weighted by Crippen LogP contribution is -1.99. The van der Waals surface area contributed by atoms with Crippen LogP contribution in [-0.4, -0.2) is 20.0 Å². The number of methoxy groups -OCH3 is 2. The van der Waals surface area contributed by atoms with Crippen LogP contribution in [0.3, 0.4) is 0 Å². The van der Waals surface area contributed by atoms with Gasteiger partial charge < -0.3 is 14.3 Å². The van der Waals surface area contributed by atoms with E-state index in [0.29, 0.717) is 12.3 Å². The molecule has 3 nitrogen and oxygen atoms in total. The number of ketones is 1. The molecule has 17 heavy (non-hydrogen) atoms. The second kappa shape index (κ2) is 6.28. The van der Waals surface area contributed by atoms with E-state index in [1.807, 2.05) is 18.2 Å². The third-order valence-electron chi connectivity index (χ3n) is 2.91. The summed E-state index contributed by atoms with van der Waals surface area (Å²) < 4.78 is 10.5. The molecule has 0 saturated carbocycles. The molecule has 0 aromatic heterocycles. The molecule has 0 amide bonds. The fraction of sp³-hybridized carbons (Fsp3) is 0.500. The predicted molar refractivity (Wildman–Crippen MR) is 67.9 cm³/mol. The second-order valence-electron chi connectivity index (χ2n) is 4.26. The molecule has 0 saturated heterocycles. The summed E-state index contributed by atoms with van der Waals surface area (Å²) in [7, 11) is 3.25. The Morgan fingerprint density at radius 1 is 1.24 bits per heavy atom. The molecule has 0 fully saturated rings. The van der Waals surface area contributed by atoms with Crippen molar-refractivity contribution >= 4 is 5.78 Å². The van der Waals surface area contributed by atoms with Crippen LogP contribution in [0.5, 0.6) is 11.5 Å². The smallest absolute Gasteiger partial charge is 0.160 e. The van der Waals surface area contributed by atoms with Crippen LogP contribution in [0.25, 0.3) is 0 Å². The molecule has 0 aliphatic carbocycles. The zero-order chi connectivity index (χ0) is 12.8. The fourth-order valence-corrected chi connectivity index (χ4v) is 1.75. The van der Waals surface area contributed by atoms with Gasteiger partial charge in [0.2, 0.25) is 0 Å². The van der Waals surface area contributed by atoms with Crippen molar-refractivity contribution in [3.05, 3.63) is 23.8 Å². The Labute approximate surface area is 103 Å². The normalized spacial score (nSPS) is 12.0. The molecule has 1 aromatic rings. The minimum Gasteiger partial charge on any atom is -0.493 e. The van der Waals surface area contributed by atoms with Gasteiger partial charge in [0.1, 0.15) is 5.78 Å². The van der Waals surface area contributed by atoms with Crippen LogP contribution in [-0.2, 0) is 4.79 Å². The minimum atomic E-state index is 0.234. The van der Waals surface area contributed by atoms with Crippen molar-refractivity contribution in [1.82, 2.24) is 0 Å². The van der Waals surface area contributed by atoms with Gasteiger partial charge in [0.15, 0.2) is 11.5 Å². The largest absolute Gasteiger partial charge is 0.493 e. The zero-order valence-electron chi connectivity index (χ0n) is 10.9. The summed E-state index contributed by atoms with van der Waals surface area (Å²) in [5.41, 5.74) is 1.17.